The number of hydrogen-bond acceptors (Lipinski definition) is 3. The average molecular weight is 413 g/mol. The van der Waals surface area contributed by atoms with E-state index in [4.69, 9.17) is 16.6 Å². The van der Waals surface area contributed by atoms with Crippen molar-refractivity contribution in [1.29, 1.82) is 0 Å². The molecule has 0 radical (unpaired) electrons. The van der Waals surface area contributed by atoms with E-state index in [1.165, 1.54) is 23.4 Å². The molecule has 6 heteroatoms. The summed E-state index contributed by atoms with van der Waals surface area (Å²) >= 11 is 6.04. The van der Waals surface area contributed by atoms with Crippen molar-refractivity contribution in [3.63, 3.8) is 0 Å². The average Bonchev–Trinajstić information content (AvgIpc) is 3.09. The van der Waals surface area contributed by atoms with Crippen molar-refractivity contribution in [3.8, 4) is 5.69 Å². The summed E-state index contributed by atoms with van der Waals surface area (Å²) in [6.45, 7) is 7.73. The predicted octanol–water partition coefficient (Wildman–Crippen LogP) is 5.42. The highest BCUT2D eigenvalue weighted by Gasteiger charge is 2.29. The fraction of sp³-hybridized carbons (Fsp3) is 0.348. The number of imidazole rings is 1. The molecule has 1 aliphatic rings. The van der Waals surface area contributed by atoms with Crippen LogP contribution in [0, 0.1) is 5.82 Å². The highest BCUT2D eigenvalue weighted by atomic mass is 35.5. The fourth-order valence-electron chi connectivity index (χ4n) is 3.99. The van der Waals surface area contributed by atoms with Gasteiger partial charge in [-0.2, -0.15) is 0 Å². The summed E-state index contributed by atoms with van der Waals surface area (Å²) in [5.74, 6) is 1.84. The molecular weight excluding hydrogens is 387 g/mol. The van der Waals surface area contributed by atoms with E-state index >= 15 is 0 Å². The maximum absolute atomic E-state index is 13.5. The lowest BCUT2D eigenvalue weighted by Crippen LogP contribution is -2.42. The molecule has 4 rings (SSSR count). The first-order chi connectivity index (χ1) is 14.1. The number of fused-ring (bicyclic) bond motifs is 1. The lowest BCUT2D eigenvalue weighted by atomic mass is 10.2. The fourth-order valence-corrected chi connectivity index (χ4v) is 4.12. The van der Waals surface area contributed by atoms with Crippen LogP contribution in [0.5, 0.6) is 0 Å². The highest BCUT2D eigenvalue weighted by Crippen LogP contribution is 2.32. The van der Waals surface area contributed by atoms with Gasteiger partial charge in [0.1, 0.15) is 11.6 Å². The lowest BCUT2D eigenvalue weighted by molar-refractivity contribution is 0.238. The summed E-state index contributed by atoms with van der Waals surface area (Å²) in [7, 11) is 0. The number of aryl methyl sites for hydroxylation is 1. The lowest BCUT2D eigenvalue weighted by Gasteiger charge is -2.36. The van der Waals surface area contributed by atoms with Crippen LogP contribution >= 0.6 is 11.6 Å². The Morgan fingerprint density at radius 3 is 2.41 bits per heavy atom. The first kappa shape index (κ1) is 19.9. The third kappa shape index (κ3) is 4.16. The number of hydrogen-bond donors (Lipinski definition) is 0. The van der Waals surface area contributed by atoms with E-state index < -0.39 is 0 Å². The van der Waals surface area contributed by atoms with Gasteiger partial charge in [0.15, 0.2) is 5.82 Å². The second-order valence-corrected chi connectivity index (χ2v) is 7.92. The number of rotatable bonds is 6. The Labute approximate surface area is 176 Å². The molecule has 0 amide bonds. The third-order valence-electron chi connectivity index (χ3n) is 5.28. The molecular formula is C23H26ClFN4. The second kappa shape index (κ2) is 8.56. The Morgan fingerprint density at radius 2 is 1.76 bits per heavy atom. The Hall–Kier alpha value is -2.37. The first-order valence-corrected chi connectivity index (χ1v) is 10.5. The standard InChI is InChI=1S/C23H26ClFN4/c1-3-13-28-16-27(14-17-5-7-18(24)8-6-17)15-21-23(28)26-22(4-2)29(21)20-11-9-19(25)10-12-20/h5-12H,3-4,13-16H2,1-2H3. The zero-order valence-electron chi connectivity index (χ0n) is 16.9. The van der Waals surface area contributed by atoms with E-state index in [-0.39, 0.29) is 5.82 Å². The summed E-state index contributed by atoms with van der Waals surface area (Å²) in [4.78, 5) is 9.75. The molecule has 0 N–H and O–H groups in total. The monoisotopic (exact) mass is 412 g/mol. The quantitative estimate of drug-likeness (QED) is 0.540. The van der Waals surface area contributed by atoms with Gasteiger partial charge in [-0.05, 0) is 48.4 Å². The van der Waals surface area contributed by atoms with Gasteiger partial charge in [-0.1, -0.05) is 37.6 Å². The molecule has 0 unspecified atom stereocenters. The van der Waals surface area contributed by atoms with Crippen LogP contribution in [0.25, 0.3) is 5.69 Å². The molecule has 29 heavy (non-hydrogen) atoms. The molecule has 2 aromatic carbocycles. The van der Waals surface area contributed by atoms with Crippen molar-refractivity contribution in [1.82, 2.24) is 14.5 Å². The maximum atomic E-state index is 13.5. The van der Waals surface area contributed by atoms with Crippen molar-refractivity contribution in [2.24, 2.45) is 0 Å². The summed E-state index contributed by atoms with van der Waals surface area (Å²) in [5, 5.41) is 0.754. The summed E-state index contributed by atoms with van der Waals surface area (Å²) in [6.07, 6.45) is 1.88. The first-order valence-electron chi connectivity index (χ1n) is 10.2. The number of anilines is 1. The molecule has 0 spiro atoms. The van der Waals surface area contributed by atoms with Gasteiger partial charge >= 0.3 is 0 Å². The van der Waals surface area contributed by atoms with Crippen molar-refractivity contribution in [3.05, 3.63) is 76.5 Å². The molecule has 1 aliphatic heterocycles. The molecule has 152 valence electrons. The van der Waals surface area contributed by atoms with Crippen LogP contribution in [0.1, 0.15) is 37.4 Å². The minimum Gasteiger partial charge on any atom is -0.342 e. The van der Waals surface area contributed by atoms with Crippen LogP contribution in [0.3, 0.4) is 0 Å². The van der Waals surface area contributed by atoms with Crippen molar-refractivity contribution in [2.45, 2.75) is 39.8 Å². The van der Waals surface area contributed by atoms with Crippen molar-refractivity contribution < 1.29 is 4.39 Å². The van der Waals surface area contributed by atoms with Gasteiger partial charge in [0.25, 0.3) is 0 Å². The van der Waals surface area contributed by atoms with Gasteiger partial charge in [0.2, 0.25) is 0 Å². The number of nitrogens with zero attached hydrogens (tertiary/aromatic N) is 4. The molecule has 0 saturated heterocycles. The summed E-state index contributed by atoms with van der Waals surface area (Å²) < 4.78 is 15.7. The van der Waals surface area contributed by atoms with Gasteiger partial charge in [0, 0.05) is 36.8 Å². The molecule has 0 fully saturated rings. The molecule has 0 bridgehead atoms. The van der Waals surface area contributed by atoms with Gasteiger partial charge in [-0.25, -0.2) is 9.37 Å². The molecule has 0 saturated carbocycles. The van der Waals surface area contributed by atoms with E-state index in [1.54, 1.807) is 0 Å². The van der Waals surface area contributed by atoms with Crippen LogP contribution in [0.2, 0.25) is 5.02 Å². The van der Waals surface area contributed by atoms with E-state index in [0.717, 1.165) is 61.5 Å². The second-order valence-electron chi connectivity index (χ2n) is 7.48. The van der Waals surface area contributed by atoms with E-state index in [2.05, 4.69) is 40.3 Å². The van der Waals surface area contributed by atoms with E-state index in [1.807, 2.05) is 24.3 Å². The van der Waals surface area contributed by atoms with Crippen LogP contribution in [0.15, 0.2) is 48.5 Å². The minimum atomic E-state index is -0.224. The normalized spacial score (nSPS) is 14.3. The molecule has 0 aliphatic carbocycles. The minimum absolute atomic E-state index is 0.224. The number of halogens is 2. The highest BCUT2D eigenvalue weighted by molar-refractivity contribution is 6.30. The molecule has 0 atom stereocenters. The number of aromatic nitrogens is 2. The Balaban J connectivity index is 1.72. The molecule has 4 nitrogen and oxygen atoms in total. The van der Waals surface area contributed by atoms with Gasteiger partial charge in [0.05, 0.1) is 12.4 Å². The Bertz CT molecular complexity index is 966. The predicted molar refractivity (Wildman–Crippen MR) is 116 cm³/mol. The molecule has 1 aromatic heterocycles. The summed E-state index contributed by atoms with van der Waals surface area (Å²) in [6, 6.07) is 14.7. The van der Waals surface area contributed by atoms with Crippen molar-refractivity contribution in [2.75, 3.05) is 18.1 Å². The van der Waals surface area contributed by atoms with Gasteiger partial charge in [-0.15, -0.1) is 0 Å². The van der Waals surface area contributed by atoms with Crippen LogP contribution in [0.4, 0.5) is 10.2 Å². The van der Waals surface area contributed by atoms with Gasteiger partial charge in [-0.3, -0.25) is 9.47 Å². The largest absolute Gasteiger partial charge is 0.342 e. The van der Waals surface area contributed by atoms with E-state index in [0.29, 0.717) is 0 Å². The van der Waals surface area contributed by atoms with Crippen molar-refractivity contribution >= 4 is 17.4 Å². The van der Waals surface area contributed by atoms with Crippen LogP contribution < -0.4 is 4.90 Å². The van der Waals surface area contributed by atoms with E-state index in [9.17, 15) is 4.39 Å². The van der Waals surface area contributed by atoms with Crippen LogP contribution in [-0.2, 0) is 19.5 Å². The van der Waals surface area contributed by atoms with Crippen LogP contribution in [-0.4, -0.2) is 27.7 Å². The maximum Gasteiger partial charge on any atom is 0.153 e. The third-order valence-corrected chi connectivity index (χ3v) is 5.53. The zero-order valence-corrected chi connectivity index (χ0v) is 17.7. The summed E-state index contributed by atoms with van der Waals surface area (Å²) in [5.41, 5.74) is 3.36. The molecule has 2 heterocycles. The SMILES string of the molecule is CCCN1CN(Cc2ccc(Cl)cc2)Cc2c1nc(CC)n2-c1ccc(F)cc1. The Morgan fingerprint density at radius 1 is 1.03 bits per heavy atom. The zero-order chi connectivity index (χ0) is 20.4. The number of benzene rings is 2. The molecule has 3 aromatic rings. The van der Waals surface area contributed by atoms with Gasteiger partial charge < -0.3 is 4.90 Å². The Kier molecular flexibility index (Phi) is 5.88. The topological polar surface area (TPSA) is 24.3 Å². The smallest absolute Gasteiger partial charge is 0.153 e.